The van der Waals surface area contributed by atoms with E-state index in [0.29, 0.717) is 12.3 Å². The normalized spacial score (nSPS) is 31.3. The summed E-state index contributed by atoms with van der Waals surface area (Å²) in [5, 5.41) is 0. The number of rotatable bonds is 3. The first kappa shape index (κ1) is 14.0. The minimum absolute atomic E-state index is 0.0294. The van der Waals surface area contributed by atoms with Crippen LogP contribution in [0.15, 0.2) is 24.3 Å². The highest BCUT2D eigenvalue weighted by molar-refractivity contribution is 5.94. The van der Waals surface area contributed by atoms with Gasteiger partial charge in [0.2, 0.25) is 0 Å². The Morgan fingerprint density at radius 3 is 2.42 bits per heavy atom. The van der Waals surface area contributed by atoms with Crippen LogP contribution in [0.1, 0.15) is 25.3 Å². The van der Waals surface area contributed by atoms with E-state index in [1.807, 2.05) is 24.3 Å². The van der Waals surface area contributed by atoms with E-state index in [4.69, 9.17) is 15.2 Å². The van der Waals surface area contributed by atoms with Gasteiger partial charge in [-0.3, -0.25) is 4.79 Å². The molecule has 1 aliphatic rings. The fraction of sp³-hybridized carbons (Fsp3) is 0.533. The predicted molar refractivity (Wildman–Crippen MR) is 73.1 cm³/mol. The number of ether oxygens (including phenoxy) is 2. The van der Waals surface area contributed by atoms with Crippen LogP contribution in [0.3, 0.4) is 0 Å². The van der Waals surface area contributed by atoms with Gasteiger partial charge in [0.1, 0.15) is 17.4 Å². The van der Waals surface area contributed by atoms with Crippen LogP contribution in [0.25, 0.3) is 0 Å². The summed E-state index contributed by atoms with van der Waals surface area (Å²) in [7, 11) is 3.18. The Labute approximate surface area is 113 Å². The SMILES string of the molecule is COc1ccc([C@@]2(N)C[C@H](C)C[C@H](OC)C2=O)cc1. The minimum atomic E-state index is -0.954. The lowest BCUT2D eigenvalue weighted by Gasteiger charge is -2.39. The first-order valence-electron chi connectivity index (χ1n) is 6.51. The Hall–Kier alpha value is -1.39. The molecule has 1 aromatic rings. The molecule has 0 spiro atoms. The van der Waals surface area contributed by atoms with Gasteiger partial charge in [0.05, 0.1) is 7.11 Å². The zero-order valence-electron chi connectivity index (χ0n) is 11.7. The number of ketones is 1. The Morgan fingerprint density at radius 2 is 1.89 bits per heavy atom. The molecule has 0 heterocycles. The molecule has 104 valence electrons. The summed E-state index contributed by atoms with van der Waals surface area (Å²) in [5.74, 6) is 1.08. The molecule has 0 bridgehead atoms. The molecule has 2 rings (SSSR count). The fourth-order valence-electron chi connectivity index (χ4n) is 2.85. The molecule has 0 radical (unpaired) electrons. The third kappa shape index (κ3) is 2.51. The molecular formula is C15H21NO3. The van der Waals surface area contributed by atoms with Crippen LogP contribution >= 0.6 is 0 Å². The fourth-order valence-corrected chi connectivity index (χ4v) is 2.85. The molecular weight excluding hydrogens is 242 g/mol. The first-order chi connectivity index (χ1) is 9.01. The Bertz CT molecular complexity index is 457. The van der Waals surface area contributed by atoms with E-state index in [1.165, 1.54) is 0 Å². The van der Waals surface area contributed by atoms with Crippen LogP contribution in [0, 0.1) is 5.92 Å². The Balaban J connectivity index is 2.35. The van der Waals surface area contributed by atoms with E-state index in [2.05, 4.69) is 6.92 Å². The van der Waals surface area contributed by atoms with Crippen molar-refractivity contribution in [1.82, 2.24) is 0 Å². The highest BCUT2D eigenvalue weighted by Gasteiger charge is 2.45. The lowest BCUT2D eigenvalue weighted by molar-refractivity contribution is -0.140. The molecule has 0 unspecified atom stereocenters. The molecule has 3 atom stereocenters. The topological polar surface area (TPSA) is 61.6 Å². The molecule has 0 aliphatic heterocycles. The third-order valence-corrected chi connectivity index (χ3v) is 3.91. The van der Waals surface area contributed by atoms with Crippen LogP contribution in [0.5, 0.6) is 5.75 Å². The van der Waals surface area contributed by atoms with Crippen LogP contribution in [0.2, 0.25) is 0 Å². The van der Waals surface area contributed by atoms with Gasteiger partial charge in [-0.1, -0.05) is 19.1 Å². The van der Waals surface area contributed by atoms with Crippen molar-refractivity contribution in [2.45, 2.75) is 31.4 Å². The van der Waals surface area contributed by atoms with Gasteiger partial charge >= 0.3 is 0 Å². The number of hydrogen-bond acceptors (Lipinski definition) is 4. The highest BCUT2D eigenvalue weighted by Crippen LogP contribution is 2.36. The van der Waals surface area contributed by atoms with Crippen LogP contribution in [-0.2, 0) is 15.1 Å². The molecule has 1 aromatic carbocycles. The maximum Gasteiger partial charge on any atom is 0.185 e. The smallest absolute Gasteiger partial charge is 0.185 e. The van der Waals surface area contributed by atoms with Gasteiger partial charge in [0, 0.05) is 7.11 Å². The monoisotopic (exact) mass is 263 g/mol. The van der Waals surface area contributed by atoms with Crippen molar-refractivity contribution in [2.24, 2.45) is 11.7 Å². The van der Waals surface area contributed by atoms with Crippen molar-refractivity contribution in [3.8, 4) is 5.75 Å². The highest BCUT2D eigenvalue weighted by atomic mass is 16.5. The molecule has 4 heteroatoms. The van der Waals surface area contributed by atoms with Gasteiger partial charge in [-0.15, -0.1) is 0 Å². The molecule has 1 fully saturated rings. The summed E-state index contributed by atoms with van der Waals surface area (Å²) in [5.41, 5.74) is 6.27. The molecule has 0 saturated heterocycles. The summed E-state index contributed by atoms with van der Waals surface area (Å²) < 4.78 is 10.4. The predicted octanol–water partition coefficient (Wildman–Crippen LogP) is 1.86. The van der Waals surface area contributed by atoms with Gasteiger partial charge in [-0.05, 0) is 36.5 Å². The van der Waals surface area contributed by atoms with E-state index in [0.717, 1.165) is 17.7 Å². The Kier molecular flexibility index (Phi) is 3.92. The van der Waals surface area contributed by atoms with Crippen LogP contribution < -0.4 is 10.5 Å². The average molecular weight is 263 g/mol. The van der Waals surface area contributed by atoms with E-state index in [1.54, 1.807) is 14.2 Å². The molecule has 19 heavy (non-hydrogen) atoms. The standard InChI is InChI=1S/C15H21NO3/c1-10-8-13(19-3)14(17)15(16,9-10)11-4-6-12(18-2)7-5-11/h4-7,10,13H,8-9,16H2,1-3H3/t10-,13+,15+/m1/s1. The summed E-state index contributed by atoms with van der Waals surface area (Å²) in [4.78, 5) is 12.5. The van der Waals surface area contributed by atoms with Crippen molar-refractivity contribution in [3.05, 3.63) is 29.8 Å². The van der Waals surface area contributed by atoms with E-state index in [9.17, 15) is 4.79 Å². The summed E-state index contributed by atoms with van der Waals surface area (Å²) in [6.07, 6.45) is 0.985. The molecule has 4 nitrogen and oxygen atoms in total. The largest absolute Gasteiger partial charge is 0.497 e. The van der Waals surface area contributed by atoms with Gasteiger partial charge in [-0.2, -0.15) is 0 Å². The second-order valence-electron chi connectivity index (χ2n) is 5.33. The number of methoxy groups -OCH3 is 2. The maximum absolute atomic E-state index is 12.5. The zero-order valence-corrected chi connectivity index (χ0v) is 11.7. The minimum Gasteiger partial charge on any atom is -0.497 e. The molecule has 0 amide bonds. The van der Waals surface area contributed by atoms with Crippen molar-refractivity contribution in [2.75, 3.05) is 14.2 Å². The van der Waals surface area contributed by atoms with Crippen molar-refractivity contribution in [3.63, 3.8) is 0 Å². The quantitative estimate of drug-likeness (QED) is 0.904. The number of hydrogen-bond donors (Lipinski definition) is 1. The lowest BCUT2D eigenvalue weighted by Crippen LogP contribution is -2.55. The van der Waals surface area contributed by atoms with E-state index in [-0.39, 0.29) is 5.78 Å². The van der Waals surface area contributed by atoms with Crippen molar-refractivity contribution < 1.29 is 14.3 Å². The summed E-state index contributed by atoms with van der Waals surface area (Å²) >= 11 is 0. The third-order valence-electron chi connectivity index (χ3n) is 3.91. The van der Waals surface area contributed by atoms with Gasteiger partial charge < -0.3 is 15.2 Å². The number of nitrogens with two attached hydrogens (primary N) is 1. The number of Topliss-reactive ketones (excluding diaryl/α,β-unsaturated/α-hetero) is 1. The van der Waals surface area contributed by atoms with E-state index >= 15 is 0 Å². The maximum atomic E-state index is 12.5. The first-order valence-corrected chi connectivity index (χ1v) is 6.51. The Morgan fingerprint density at radius 1 is 1.26 bits per heavy atom. The van der Waals surface area contributed by atoms with E-state index < -0.39 is 11.6 Å². The molecule has 2 N–H and O–H groups in total. The molecule has 0 aromatic heterocycles. The average Bonchev–Trinajstić information content (AvgIpc) is 2.43. The molecule has 1 aliphatic carbocycles. The van der Waals surface area contributed by atoms with Crippen LogP contribution in [-0.4, -0.2) is 26.1 Å². The molecule has 1 saturated carbocycles. The second-order valence-corrected chi connectivity index (χ2v) is 5.33. The lowest BCUT2D eigenvalue weighted by atomic mass is 9.71. The van der Waals surface area contributed by atoms with Crippen molar-refractivity contribution in [1.29, 1.82) is 0 Å². The second kappa shape index (κ2) is 5.31. The summed E-state index contributed by atoms with van der Waals surface area (Å²) in [6, 6.07) is 7.39. The summed E-state index contributed by atoms with van der Waals surface area (Å²) in [6.45, 7) is 2.10. The number of carbonyl (C=O) groups excluding carboxylic acids is 1. The van der Waals surface area contributed by atoms with Gasteiger partial charge in [0.25, 0.3) is 0 Å². The van der Waals surface area contributed by atoms with Crippen molar-refractivity contribution >= 4 is 5.78 Å². The van der Waals surface area contributed by atoms with Gasteiger partial charge in [0.15, 0.2) is 5.78 Å². The number of benzene rings is 1. The number of carbonyl (C=O) groups is 1. The van der Waals surface area contributed by atoms with Crippen LogP contribution in [0.4, 0.5) is 0 Å². The van der Waals surface area contributed by atoms with Gasteiger partial charge in [-0.25, -0.2) is 0 Å². The zero-order chi connectivity index (χ0) is 14.0.